The molecule has 1 unspecified atom stereocenters. The fraction of sp³-hybridized carbons (Fsp3) is 0.576. The normalized spacial score (nSPS) is 25.9. The molecular formula is C33H43Cl2N3O6S. The van der Waals surface area contributed by atoms with E-state index in [1.807, 2.05) is 37.3 Å². The molecule has 2 aliphatic heterocycles. The van der Waals surface area contributed by atoms with Gasteiger partial charge in [0.1, 0.15) is 0 Å². The number of carbonyl (C=O) groups excluding carboxylic acids is 1. The number of nitrogens with one attached hydrogen (secondary N) is 1. The molecule has 1 saturated carbocycles. The maximum absolute atomic E-state index is 14.1. The summed E-state index contributed by atoms with van der Waals surface area (Å²) in [5.41, 5.74) is 0.627. The van der Waals surface area contributed by atoms with Gasteiger partial charge in [-0.2, -0.15) is 4.31 Å². The predicted octanol–water partition coefficient (Wildman–Crippen LogP) is 5.34. The standard InChI is InChI=1S/C33H43Cl2N3O6S/c1-22(18-29(23-6-8-25(34)9-7-23)37(2)45(42,43)27-10-11-27)31-28(24-4-3-5-26(35)19-24)20-33(21-30(39)40,32(41)36-31)12-13-38-14-16-44-17-15-38/h3-9,19,22,27-29,31H,10-18,20-21H2,1-2H3,(H,36,41)(H,39,40)/t22?,28-,29+,31+,33+/m1/s1. The van der Waals surface area contributed by atoms with Crippen LogP contribution in [0.3, 0.4) is 0 Å². The van der Waals surface area contributed by atoms with Crippen molar-refractivity contribution in [1.82, 2.24) is 14.5 Å². The van der Waals surface area contributed by atoms with Crippen LogP contribution in [-0.4, -0.2) is 85.8 Å². The number of halogens is 2. The Morgan fingerprint density at radius 3 is 2.44 bits per heavy atom. The Morgan fingerprint density at radius 2 is 1.82 bits per heavy atom. The largest absolute Gasteiger partial charge is 0.481 e. The van der Waals surface area contributed by atoms with Crippen molar-refractivity contribution in [3.05, 3.63) is 69.7 Å². The van der Waals surface area contributed by atoms with E-state index in [0.717, 1.165) is 24.2 Å². The Hall–Kier alpha value is -2.21. The highest BCUT2D eigenvalue weighted by atomic mass is 35.5. The molecule has 0 bridgehead atoms. The number of carbonyl (C=O) groups is 2. The molecule has 45 heavy (non-hydrogen) atoms. The molecule has 1 aliphatic carbocycles. The molecule has 2 saturated heterocycles. The van der Waals surface area contributed by atoms with E-state index in [2.05, 4.69) is 10.2 Å². The molecule has 3 fully saturated rings. The maximum atomic E-state index is 14.1. The molecule has 2 N–H and O–H groups in total. The van der Waals surface area contributed by atoms with E-state index < -0.39 is 27.4 Å². The number of amides is 1. The highest BCUT2D eigenvalue weighted by Crippen LogP contribution is 2.47. The van der Waals surface area contributed by atoms with Crippen molar-refractivity contribution in [2.75, 3.05) is 39.9 Å². The molecule has 246 valence electrons. The quantitative estimate of drug-likeness (QED) is 0.294. The molecule has 5 rings (SSSR count). The molecule has 12 heteroatoms. The van der Waals surface area contributed by atoms with Crippen molar-refractivity contribution >= 4 is 45.1 Å². The summed E-state index contributed by atoms with van der Waals surface area (Å²) < 4.78 is 33.9. The minimum absolute atomic E-state index is 0.183. The first-order valence-corrected chi connectivity index (χ1v) is 18.0. The van der Waals surface area contributed by atoms with Gasteiger partial charge < -0.3 is 15.2 Å². The Labute approximate surface area is 276 Å². The van der Waals surface area contributed by atoms with E-state index in [0.29, 0.717) is 61.9 Å². The lowest BCUT2D eigenvalue weighted by atomic mass is 9.64. The van der Waals surface area contributed by atoms with Gasteiger partial charge in [0.25, 0.3) is 0 Å². The van der Waals surface area contributed by atoms with Crippen molar-refractivity contribution in [3.63, 3.8) is 0 Å². The lowest BCUT2D eigenvalue weighted by molar-refractivity contribution is -0.149. The third-order valence-corrected chi connectivity index (χ3v) is 12.7. The summed E-state index contributed by atoms with van der Waals surface area (Å²) in [7, 11) is -1.88. The van der Waals surface area contributed by atoms with Crippen LogP contribution in [0, 0.1) is 11.3 Å². The Morgan fingerprint density at radius 1 is 1.13 bits per heavy atom. The fourth-order valence-corrected chi connectivity index (χ4v) is 9.14. The average Bonchev–Trinajstić information content (AvgIpc) is 3.87. The number of hydrogen-bond donors (Lipinski definition) is 2. The summed E-state index contributed by atoms with van der Waals surface area (Å²) in [6, 6.07) is 13.9. The monoisotopic (exact) mass is 679 g/mol. The summed E-state index contributed by atoms with van der Waals surface area (Å²) in [6.07, 6.45) is 2.21. The number of rotatable bonds is 13. The van der Waals surface area contributed by atoms with Crippen LogP contribution in [-0.2, 0) is 24.3 Å². The van der Waals surface area contributed by atoms with E-state index in [9.17, 15) is 23.1 Å². The maximum Gasteiger partial charge on any atom is 0.304 e. The molecule has 3 aliphatic rings. The molecule has 5 atom stereocenters. The molecular weight excluding hydrogens is 637 g/mol. The van der Waals surface area contributed by atoms with Crippen molar-refractivity contribution in [2.45, 2.75) is 68.7 Å². The Balaban J connectivity index is 1.47. The van der Waals surface area contributed by atoms with Gasteiger partial charge in [-0.15, -0.1) is 0 Å². The summed E-state index contributed by atoms with van der Waals surface area (Å²) in [5.74, 6) is -1.71. The number of hydrogen-bond acceptors (Lipinski definition) is 6. The number of sulfonamides is 1. The molecule has 1 amide bonds. The van der Waals surface area contributed by atoms with E-state index in [-0.39, 0.29) is 35.5 Å². The van der Waals surface area contributed by atoms with Gasteiger partial charge in [-0.25, -0.2) is 8.42 Å². The second-order valence-electron chi connectivity index (χ2n) is 13.0. The first-order chi connectivity index (χ1) is 21.4. The zero-order chi connectivity index (χ0) is 32.4. The van der Waals surface area contributed by atoms with Gasteiger partial charge in [0.15, 0.2) is 0 Å². The summed E-state index contributed by atoms with van der Waals surface area (Å²) in [5, 5.41) is 14.0. The molecule has 0 radical (unpaired) electrons. The van der Waals surface area contributed by atoms with Crippen LogP contribution < -0.4 is 5.32 Å². The van der Waals surface area contributed by atoms with Crippen LogP contribution in [0.4, 0.5) is 0 Å². The second kappa shape index (κ2) is 14.3. The zero-order valence-corrected chi connectivity index (χ0v) is 28.2. The topological polar surface area (TPSA) is 116 Å². The van der Waals surface area contributed by atoms with E-state index in [4.69, 9.17) is 27.9 Å². The number of benzene rings is 2. The molecule has 0 aromatic heterocycles. The Bertz CT molecular complexity index is 1470. The van der Waals surface area contributed by atoms with Gasteiger partial charge in [0, 0.05) is 48.2 Å². The van der Waals surface area contributed by atoms with Gasteiger partial charge in [0.2, 0.25) is 15.9 Å². The molecule has 9 nitrogen and oxygen atoms in total. The number of nitrogens with zero attached hydrogens (tertiary/aromatic N) is 2. The molecule has 2 aromatic rings. The minimum atomic E-state index is -3.52. The number of piperidine rings is 1. The lowest BCUT2D eigenvalue weighted by Gasteiger charge is -2.47. The van der Waals surface area contributed by atoms with Crippen molar-refractivity contribution in [3.8, 4) is 0 Å². The second-order valence-corrected chi connectivity index (χ2v) is 16.1. The van der Waals surface area contributed by atoms with Crippen LogP contribution in [0.15, 0.2) is 48.5 Å². The van der Waals surface area contributed by atoms with Crippen molar-refractivity contribution in [1.29, 1.82) is 0 Å². The number of carboxylic acids is 1. The van der Waals surface area contributed by atoms with E-state index in [1.54, 1.807) is 25.2 Å². The number of morpholine rings is 1. The highest BCUT2D eigenvalue weighted by Gasteiger charge is 2.51. The van der Waals surface area contributed by atoms with Gasteiger partial charge in [-0.3, -0.25) is 14.5 Å². The number of aliphatic carboxylic acids is 1. The highest BCUT2D eigenvalue weighted by molar-refractivity contribution is 7.90. The van der Waals surface area contributed by atoms with E-state index in [1.165, 1.54) is 4.31 Å². The zero-order valence-electron chi connectivity index (χ0n) is 25.8. The summed E-state index contributed by atoms with van der Waals surface area (Å²) in [6.45, 7) is 5.33. The predicted molar refractivity (Wildman–Crippen MR) is 175 cm³/mol. The summed E-state index contributed by atoms with van der Waals surface area (Å²) in [4.78, 5) is 28.6. The van der Waals surface area contributed by atoms with Crippen molar-refractivity contribution < 1.29 is 27.9 Å². The smallest absolute Gasteiger partial charge is 0.304 e. The molecule has 0 spiro atoms. The van der Waals surface area contributed by atoms with Crippen LogP contribution in [0.2, 0.25) is 10.0 Å². The Kier molecular flexibility index (Phi) is 10.8. The first-order valence-electron chi connectivity index (χ1n) is 15.7. The number of ether oxygens (including phenoxy) is 1. The third-order valence-electron chi connectivity index (χ3n) is 9.85. The fourth-order valence-electron chi connectivity index (χ4n) is 7.05. The third kappa shape index (κ3) is 8.03. The molecule has 2 aromatic carbocycles. The SMILES string of the molecule is CC(C[C@@H](c1ccc(Cl)cc1)N(C)S(=O)(=O)C1CC1)[C@@H]1NC(=O)[C@](CCN2CCOCC2)(CC(=O)O)C[C@@H]1c1cccc(Cl)c1. The first kappa shape index (κ1) is 34.1. The average molecular weight is 681 g/mol. The number of carboxylic acid groups (broad SMARTS) is 1. The molecule has 2 heterocycles. The van der Waals surface area contributed by atoms with Crippen LogP contribution in [0.1, 0.15) is 68.5 Å². The van der Waals surface area contributed by atoms with Gasteiger partial charge >= 0.3 is 5.97 Å². The van der Waals surface area contributed by atoms with Crippen LogP contribution >= 0.6 is 23.2 Å². The van der Waals surface area contributed by atoms with Gasteiger partial charge in [-0.1, -0.05) is 54.4 Å². The van der Waals surface area contributed by atoms with Crippen molar-refractivity contribution in [2.24, 2.45) is 11.3 Å². The van der Waals surface area contributed by atoms with Crippen LogP contribution in [0.5, 0.6) is 0 Å². The van der Waals surface area contributed by atoms with Gasteiger partial charge in [0.05, 0.1) is 30.3 Å². The van der Waals surface area contributed by atoms with E-state index >= 15 is 0 Å². The lowest BCUT2D eigenvalue weighted by Crippen LogP contribution is -2.58. The minimum Gasteiger partial charge on any atom is -0.481 e. The van der Waals surface area contributed by atoms with Crippen LogP contribution in [0.25, 0.3) is 0 Å². The summed E-state index contributed by atoms with van der Waals surface area (Å²) >= 11 is 12.6. The van der Waals surface area contributed by atoms with Gasteiger partial charge in [-0.05, 0) is 80.0 Å².